The van der Waals surface area contributed by atoms with Gasteiger partial charge in [0.15, 0.2) is 11.5 Å². The molecule has 2 amide bonds. The van der Waals surface area contributed by atoms with Crippen LogP contribution in [0.3, 0.4) is 0 Å². The summed E-state index contributed by atoms with van der Waals surface area (Å²) >= 11 is 0. The summed E-state index contributed by atoms with van der Waals surface area (Å²) in [5.41, 5.74) is 0.203. The smallest absolute Gasteiger partial charge is 0.233 e. The van der Waals surface area contributed by atoms with Crippen molar-refractivity contribution in [2.75, 3.05) is 24.9 Å². The Morgan fingerprint density at radius 2 is 1.60 bits per heavy atom. The third-order valence-electron chi connectivity index (χ3n) is 3.19. The van der Waals surface area contributed by atoms with Gasteiger partial charge in [0.05, 0.1) is 19.9 Å². The van der Waals surface area contributed by atoms with E-state index >= 15 is 0 Å². The number of benzene rings is 2. The average Bonchev–Trinajstić information content (AvgIpc) is 2.57. The van der Waals surface area contributed by atoms with Gasteiger partial charge in [0.25, 0.3) is 0 Å². The topological polar surface area (TPSA) is 76.7 Å². The molecule has 0 fully saturated rings. The van der Waals surface area contributed by atoms with Crippen molar-refractivity contribution in [3.8, 4) is 11.5 Å². The lowest BCUT2D eigenvalue weighted by Gasteiger charge is -2.11. The molecule has 0 atom stereocenters. The quantitative estimate of drug-likeness (QED) is 0.786. The highest BCUT2D eigenvalue weighted by Crippen LogP contribution is 2.29. The van der Waals surface area contributed by atoms with E-state index in [1.807, 2.05) is 0 Å². The molecule has 2 aromatic rings. The van der Waals surface area contributed by atoms with Crippen LogP contribution in [-0.4, -0.2) is 26.0 Å². The number of hydrogen-bond donors (Lipinski definition) is 2. The molecule has 0 aliphatic heterocycles. The SMILES string of the molecule is COc1ccc(NC(=O)CC(=O)Nc2ccc(F)cc2F)cc1OC. The summed E-state index contributed by atoms with van der Waals surface area (Å²) in [4.78, 5) is 23.7. The lowest BCUT2D eigenvalue weighted by molar-refractivity contribution is -0.123. The molecule has 0 heterocycles. The first-order chi connectivity index (χ1) is 11.9. The number of methoxy groups -OCH3 is 2. The Morgan fingerprint density at radius 3 is 2.24 bits per heavy atom. The van der Waals surface area contributed by atoms with Crippen LogP contribution in [0.2, 0.25) is 0 Å². The lowest BCUT2D eigenvalue weighted by atomic mass is 10.2. The maximum Gasteiger partial charge on any atom is 0.233 e. The molecule has 0 bridgehead atoms. The van der Waals surface area contributed by atoms with E-state index in [1.165, 1.54) is 20.3 Å². The third kappa shape index (κ3) is 4.90. The Hall–Kier alpha value is -3.16. The molecule has 0 aromatic heterocycles. The van der Waals surface area contributed by atoms with E-state index < -0.39 is 29.9 Å². The summed E-state index contributed by atoms with van der Waals surface area (Å²) in [6.45, 7) is 0. The number of carbonyl (C=O) groups excluding carboxylic acids is 2. The Balaban J connectivity index is 1.96. The molecule has 25 heavy (non-hydrogen) atoms. The fourth-order valence-electron chi connectivity index (χ4n) is 2.05. The summed E-state index contributed by atoms with van der Waals surface area (Å²) in [5, 5.41) is 4.73. The van der Waals surface area contributed by atoms with Crippen molar-refractivity contribution in [2.45, 2.75) is 6.42 Å². The molecule has 0 saturated heterocycles. The first-order valence-electron chi connectivity index (χ1n) is 7.19. The summed E-state index contributed by atoms with van der Waals surface area (Å²) in [6, 6.07) is 7.43. The number of halogens is 2. The second-order valence-electron chi connectivity index (χ2n) is 4.97. The van der Waals surface area contributed by atoms with Crippen molar-refractivity contribution in [1.29, 1.82) is 0 Å². The molecule has 2 rings (SSSR count). The number of hydrogen-bond acceptors (Lipinski definition) is 4. The fourth-order valence-corrected chi connectivity index (χ4v) is 2.05. The normalized spacial score (nSPS) is 10.1. The Morgan fingerprint density at radius 1 is 0.920 bits per heavy atom. The second-order valence-corrected chi connectivity index (χ2v) is 4.97. The van der Waals surface area contributed by atoms with Crippen LogP contribution >= 0.6 is 0 Å². The molecule has 0 aliphatic carbocycles. The van der Waals surface area contributed by atoms with Gasteiger partial charge >= 0.3 is 0 Å². The number of carbonyl (C=O) groups is 2. The van der Waals surface area contributed by atoms with Gasteiger partial charge < -0.3 is 20.1 Å². The molecule has 6 nitrogen and oxygen atoms in total. The Labute approximate surface area is 142 Å². The van der Waals surface area contributed by atoms with Crippen LogP contribution < -0.4 is 20.1 Å². The summed E-state index contributed by atoms with van der Waals surface area (Å²) in [7, 11) is 2.93. The van der Waals surface area contributed by atoms with E-state index in [-0.39, 0.29) is 5.69 Å². The molecule has 0 unspecified atom stereocenters. The van der Waals surface area contributed by atoms with E-state index in [9.17, 15) is 18.4 Å². The van der Waals surface area contributed by atoms with E-state index in [1.54, 1.807) is 12.1 Å². The summed E-state index contributed by atoms with van der Waals surface area (Å²) in [5.74, 6) is -2.12. The monoisotopic (exact) mass is 350 g/mol. The number of rotatable bonds is 6. The minimum Gasteiger partial charge on any atom is -0.493 e. The zero-order chi connectivity index (χ0) is 18.4. The maximum atomic E-state index is 13.5. The molecule has 2 N–H and O–H groups in total. The van der Waals surface area contributed by atoms with Gasteiger partial charge in [-0.05, 0) is 24.3 Å². The molecule has 2 aromatic carbocycles. The van der Waals surface area contributed by atoms with E-state index in [0.717, 1.165) is 12.1 Å². The van der Waals surface area contributed by atoms with Crippen LogP contribution in [0.5, 0.6) is 11.5 Å². The average molecular weight is 350 g/mol. The fraction of sp³-hybridized carbons (Fsp3) is 0.176. The number of anilines is 2. The highest BCUT2D eigenvalue weighted by molar-refractivity contribution is 6.08. The highest BCUT2D eigenvalue weighted by Gasteiger charge is 2.13. The van der Waals surface area contributed by atoms with Crippen molar-refractivity contribution in [2.24, 2.45) is 0 Å². The molecule has 0 saturated carbocycles. The minimum atomic E-state index is -0.923. The second kappa shape index (κ2) is 8.09. The summed E-state index contributed by atoms with van der Waals surface area (Å²) in [6.07, 6.45) is -0.537. The number of nitrogens with one attached hydrogen (secondary N) is 2. The first-order valence-corrected chi connectivity index (χ1v) is 7.19. The van der Waals surface area contributed by atoms with Gasteiger partial charge in [-0.3, -0.25) is 9.59 Å². The van der Waals surface area contributed by atoms with Crippen molar-refractivity contribution >= 4 is 23.2 Å². The van der Waals surface area contributed by atoms with Crippen molar-refractivity contribution in [3.05, 3.63) is 48.0 Å². The van der Waals surface area contributed by atoms with Gasteiger partial charge in [-0.1, -0.05) is 0 Å². The van der Waals surface area contributed by atoms with Crippen LogP contribution in [-0.2, 0) is 9.59 Å². The van der Waals surface area contributed by atoms with Crippen LogP contribution in [0.1, 0.15) is 6.42 Å². The third-order valence-corrected chi connectivity index (χ3v) is 3.19. The minimum absolute atomic E-state index is 0.203. The summed E-state index contributed by atoms with van der Waals surface area (Å²) < 4.78 is 36.5. The van der Waals surface area contributed by atoms with Gasteiger partial charge in [0, 0.05) is 17.8 Å². The molecule has 0 spiro atoms. The van der Waals surface area contributed by atoms with Crippen LogP contribution in [0.25, 0.3) is 0 Å². The van der Waals surface area contributed by atoms with Gasteiger partial charge in [0.2, 0.25) is 11.8 Å². The highest BCUT2D eigenvalue weighted by atomic mass is 19.1. The number of amides is 2. The van der Waals surface area contributed by atoms with E-state index in [4.69, 9.17) is 9.47 Å². The molecule has 0 aliphatic rings. The molecule has 8 heteroatoms. The van der Waals surface area contributed by atoms with Crippen molar-refractivity contribution < 1.29 is 27.8 Å². The van der Waals surface area contributed by atoms with Crippen LogP contribution in [0.15, 0.2) is 36.4 Å². The number of ether oxygens (including phenoxy) is 2. The Kier molecular flexibility index (Phi) is 5.89. The molecule has 0 radical (unpaired) electrons. The van der Waals surface area contributed by atoms with Crippen molar-refractivity contribution in [3.63, 3.8) is 0 Å². The van der Waals surface area contributed by atoms with E-state index in [2.05, 4.69) is 10.6 Å². The van der Waals surface area contributed by atoms with Gasteiger partial charge in [-0.2, -0.15) is 0 Å². The van der Waals surface area contributed by atoms with E-state index in [0.29, 0.717) is 23.3 Å². The Bertz CT molecular complexity index is 796. The van der Waals surface area contributed by atoms with Crippen LogP contribution in [0.4, 0.5) is 20.2 Å². The van der Waals surface area contributed by atoms with Crippen LogP contribution in [0, 0.1) is 11.6 Å². The van der Waals surface area contributed by atoms with Gasteiger partial charge in [0.1, 0.15) is 18.1 Å². The molecular formula is C17H16F2N2O4. The zero-order valence-corrected chi connectivity index (χ0v) is 13.6. The standard InChI is InChI=1S/C17H16F2N2O4/c1-24-14-6-4-11(8-15(14)25-2)20-16(22)9-17(23)21-13-5-3-10(18)7-12(13)19/h3-8H,9H2,1-2H3,(H,20,22)(H,21,23). The maximum absolute atomic E-state index is 13.5. The van der Waals surface area contributed by atoms with Gasteiger partial charge in [-0.25, -0.2) is 8.78 Å². The molecular weight excluding hydrogens is 334 g/mol. The zero-order valence-electron chi connectivity index (χ0n) is 13.6. The van der Waals surface area contributed by atoms with Gasteiger partial charge in [-0.15, -0.1) is 0 Å². The van der Waals surface area contributed by atoms with Crippen molar-refractivity contribution in [1.82, 2.24) is 0 Å². The molecule has 132 valence electrons. The largest absolute Gasteiger partial charge is 0.493 e. The predicted molar refractivity (Wildman–Crippen MR) is 87.8 cm³/mol. The predicted octanol–water partition coefficient (Wildman–Crippen LogP) is 2.95. The lowest BCUT2D eigenvalue weighted by Crippen LogP contribution is -2.21. The first kappa shape index (κ1) is 18.2.